The van der Waals surface area contributed by atoms with Crippen LogP contribution in [0.25, 0.3) is 0 Å². The number of benzene rings is 2. The van der Waals surface area contributed by atoms with Crippen molar-refractivity contribution >= 4 is 34.9 Å². The summed E-state index contributed by atoms with van der Waals surface area (Å²) in [5.74, 6) is -1.11. The number of piperidine rings is 1. The number of imidazole rings is 1. The lowest BCUT2D eigenvalue weighted by atomic mass is 10.0. The Morgan fingerprint density at radius 2 is 1.67 bits per heavy atom. The SMILES string of the molecule is N#CC[C@H]1O[C@@H](n2cnc3c2N(C(=O)c2ccccc2)C(Cl)(C(=O)c2ccccc2)N=C3NN2CCCCC2)C(O)C1O. The van der Waals surface area contributed by atoms with Crippen LogP contribution in [0.4, 0.5) is 5.82 Å². The number of aliphatic hydroxyl groups is 2. The number of aliphatic imine (C=N–C) groups is 1. The van der Waals surface area contributed by atoms with Gasteiger partial charge >= 0.3 is 0 Å². The van der Waals surface area contributed by atoms with Crippen LogP contribution in [0.15, 0.2) is 72.0 Å². The van der Waals surface area contributed by atoms with Crippen LogP contribution in [-0.4, -0.2) is 78.8 Å². The molecule has 2 saturated heterocycles. The molecule has 3 unspecified atom stereocenters. The minimum atomic E-state index is -2.31. The number of fused-ring (bicyclic) bond motifs is 1. The Bertz CT molecular complexity index is 1570. The zero-order valence-electron chi connectivity index (χ0n) is 23.1. The highest BCUT2D eigenvalue weighted by atomic mass is 35.5. The Morgan fingerprint density at radius 1 is 1.02 bits per heavy atom. The summed E-state index contributed by atoms with van der Waals surface area (Å²) in [6.45, 7) is 1.44. The summed E-state index contributed by atoms with van der Waals surface area (Å²) in [5.41, 5.74) is 3.91. The molecule has 12 nitrogen and oxygen atoms in total. The van der Waals surface area contributed by atoms with E-state index >= 15 is 0 Å². The van der Waals surface area contributed by atoms with Crippen molar-refractivity contribution in [1.82, 2.24) is 20.0 Å². The molecular formula is C30H30ClN7O5. The number of nitriles is 1. The second kappa shape index (κ2) is 11.9. The number of alkyl halides is 1. The van der Waals surface area contributed by atoms with E-state index in [4.69, 9.17) is 16.3 Å². The van der Waals surface area contributed by atoms with E-state index in [2.05, 4.69) is 15.4 Å². The van der Waals surface area contributed by atoms with Crippen LogP contribution < -0.4 is 10.3 Å². The molecule has 1 aromatic heterocycles. The van der Waals surface area contributed by atoms with E-state index in [1.165, 1.54) is 10.9 Å². The minimum absolute atomic E-state index is 0.0384. The molecule has 0 aliphatic carbocycles. The van der Waals surface area contributed by atoms with E-state index in [-0.39, 0.29) is 34.9 Å². The number of carbonyl (C=O) groups excluding carboxylic acids is 2. The maximum atomic E-state index is 14.3. The van der Waals surface area contributed by atoms with Gasteiger partial charge in [-0.1, -0.05) is 66.6 Å². The molecule has 222 valence electrons. The van der Waals surface area contributed by atoms with Gasteiger partial charge in [0.05, 0.1) is 18.8 Å². The molecule has 3 N–H and O–H groups in total. The molecule has 0 radical (unpaired) electrons. The number of Topliss-reactive ketones (excluding diaryl/α,β-unsaturated/α-hetero) is 1. The van der Waals surface area contributed by atoms with E-state index in [0.717, 1.165) is 37.3 Å². The lowest BCUT2D eigenvalue weighted by molar-refractivity contribution is -0.0348. The van der Waals surface area contributed by atoms with Crippen molar-refractivity contribution in [2.24, 2.45) is 4.99 Å². The Hall–Kier alpha value is -4.12. The van der Waals surface area contributed by atoms with Gasteiger partial charge in [-0.25, -0.2) is 19.9 Å². The van der Waals surface area contributed by atoms with E-state index in [1.54, 1.807) is 60.7 Å². The summed E-state index contributed by atoms with van der Waals surface area (Å²) in [6.07, 6.45) is -0.937. The largest absolute Gasteiger partial charge is 0.387 e. The van der Waals surface area contributed by atoms with Crippen LogP contribution in [0.2, 0.25) is 0 Å². The number of aliphatic hydroxyl groups excluding tert-OH is 2. The number of hydrazine groups is 1. The quantitative estimate of drug-likeness (QED) is 0.219. The standard InChI is InChI=1S/C30H30ClN7O5/c31-30(25(41)19-10-4-1-5-11-19)34-26(35-36-16-8-3-9-17-36)22-27(38(30)28(42)20-12-6-2-7-13-20)37(18-33-22)29-24(40)23(39)21(43-29)14-15-32/h1-2,4-7,10-13,18,21,23-24,29,39-40H,3,8-9,14,16-17H2,(H,34,35)/t21-,23?,24?,29-,30?/m1/s1. The molecule has 5 atom stereocenters. The van der Waals surface area contributed by atoms with E-state index < -0.39 is 41.4 Å². The van der Waals surface area contributed by atoms with Crippen molar-refractivity contribution in [3.05, 3.63) is 83.8 Å². The third kappa shape index (κ3) is 5.20. The summed E-state index contributed by atoms with van der Waals surface area (Å²) in [5, 5.41) is 30.6. The smallest absolute Gasteiger partial charge is 0.283 e. The Kier molecular flexibility index (Phi) is 8.00. The maximum absolute atomic E-state index is 14.3. The van der Waals surface area contributed by atoms with Gasteiger partial charge in [-0.15, -0.1) is 0 Å². The molecule has 3 aliphatic heterocycles. The monoisotopic (exact) mass is 603 g/mol. The highest BCUT2D eigenvalue weighted by molar-refractivity contribution is 6.43. The maximum Gasteiger partial charge on any atom is 0.283 e. The number of hydrogen-bond donors (Lipinski definition) is 3. The molecule has 0 bridgehead atoms. The number of nitrogens with zero attached hydrogens (tertiary/aromatic N) is 6. The van der Waals surface area contributed by atoms with Crippen LogP contribution in [0.5, 0.6) is 0 Å². The summed E-state index contributed by atoms with van der Waals surface area (Å²) in [7, 11) is 0. The molecule has 3 aromatic rings. The first-order valence-electron chi connectivity index (χ1n) is 14.1. The van der Waals surface area contributed by atoms with Gasteiger partial charge in [0.15, 0.2) is 17.9 Å². The number of hydrogen-bond acceptors (Lipinski definition) is 10. The van der Waals surface area contributed by atoms with Gasteiger partial charge in [0, 0.05) is 24.2 Å². The fraction of sp³-hybridized carbons (Fsp3) is 0.367. The number of nitrogens with one attached hydrogen (secondary N) is 1. The van der Waals surface area contributed by atoms with Crippen molar-refractivity contribution in [1.29, 1.82) is 5.26 Å². The second-order valence-electron chi connectivity index (χ2n) is 10.6. The topological polar surface area (TPSA) is 156 Å². The molecule has 1 amide bonds. The first kappa shape index (κ1) is 29.0. The Balaban J connectivity index is 1.54. The summed E-state index contributed by atoms with van der Waals surface area (Å²) < 4.78 is 7.30. The lowest BCUT2D eigenvalue weighted by Crippen LogP contribution is -2.58. The number of amidine groups is 1. The first-order chi connectivity index (χ1) is 20.8. The minimum Gasteiger partial charge on any atom is -0.387 e. The molecule has 2 fully saturated rings. The van der Waals surface area contributed by atoms with Crippen LogP contribution in [0.1, 0.15) is 58.3 Å². The van der Waals surface area contributed by atoms with E-state index in [1.807, 2.05) is 11.1 Å². The van der Waals surface area contributed by atoms with Gasteiger partial charge in [-0.05, 0) is 25.0 Å². The van der Waals surface area contributed by atoms with Crippen molar-refractivity contribution in [3.8, 4) is 6.07 Å². The molecule has 2 aromatic carbocycles. The van der Waals surface area contributed by atoms with Gasteiger partial charge in [0.1, 0.15) is 24.0 Å². The predicted octanol–water partition coefficient (Wildman–Crippen LogP) is 2.59. The van der Waals surface area contributed by atoms with Gasteiger partial charge in [-0.2, -0.15) is 5.26 Å². The fourth-order valence-corrected chi connectivity index (χ4v) is 5.99. The highest BCUT2D eigenvalue weighted by Crippen LogP contribution is 2.43. The zero-order valence-corrected chi connectivity index (χ0v) is 23.8. The summed E-state index contributed by atoms with van der Waals surface area (Å²) >= 11 is 7.26. The number of anilines is 1. The van der Waals surface area contributed by atoms with Crippen LogP contribution >= 0.6 is 11.6 Å². The normalized spacial score (nSPS) is 27.2. The average molecular weight is 604 g/mol. The van der Waals surface area contributed by atoms with Crippen molar-refractivity contribution in [3.63, 3.8) is 0 Å². The fourth-order valence-electron chi connectivity index (χ4n) is 5.64. The molecule has 6 rings (SSSR count). The van der Waals surface area contributed by atoms with Crippen molar-refractivity contribution in [2.75, 3.05) is 18.0 Å². The predicted molar refractivity (Wildman–Crippen MR) is 156 cm³/mol. The van der Waals surface area contributed by atoms with Crippen LogP contribution in [0, 0.1) is 11.3 Å². The Morgan fingerprint density at radius 3 is 2.33 bits per heavy atom. The first-order valence-corrected chi connectivity index (χ1v) is 14.5. The van der Waals surface area contributed by atoms with Gasteiger partial charge in [-0.3, -0.25) is 14.2 Å². The van der Waals surface area contributed by atoms with Crippen LogP contribution in [0.3, 0.4) is 0 Å². The number of rotatable bonds is 6. The van der Waals surface area contributed by atoms with E-state index in [9.17, 15) is 25.1 Å². The summed E-state index contributed by atoms with van der Waals surface area (Å²) in [4.78, 5) is 38.9. The zero-order chi connectivity index (χ0) is 30.1. The number of halogens is 1. The number of carbonyl (C=O) groups is 2. The number of aromatic nitrogens is 2. The van der Waals surface area contributed by atoms with Gasteiger partial charge in [0.2, 0.25) is 5.78 Å². The van der Waals surface area contributed by atoms with Gasteiger partial charge in [0.25, 0.3) is 11.0 Å². The molecular weight excluding hydrogens is 574 g/mol. The molecule has 4 heterocycles. The summed E-state index contributed by atoms with van der Waals surface area (Å²) in [6, 6.07) is 18.6. The number of amides is 1. The molecule has 13 heteroatoms. The third-order valence-corrected chi connectivity index (χ3v) is 8.26. The molecule has 3 aliphatic rings. The van der Waals surface area contributed by atoms with Crippen LogP contribution in [-0.2, 0) is 4.74 Å². The average Bonchev–Trinajstić information content (AvgIpc) is 3.59. The van der Waals surface area contributed by atoms with Gasteiger partial charge < -0.3 is 20.4 Å². The molecule has 0 spiro atoms. The third-order valence-electron chi connectivity index (χ3n) is 7.83. The van der Waals surface area contributed by atoms with Crippen molar-refractivity contribution in [2.45, 2.75) is 55.3 Å². The molecule has 43 heavy (non-hydrogen) atoms. The molecule has 0 saturated carbocycles. The van der Waals surface area contributed by atoms with E-state index in [0.29, 0.717) is 0 Å². The second-order valence-corrected chi connectivity index (χ2v) is 11.2. The lowest BCUT2D eigenvalue weighted by Gasteiger charge is -2.40. The Labute approximate surface area is 252 Å². The van der Waals surface area contributed by atoms with Crippen molar-refractivity contribution < 1.29 is 24.5 Å². The number of ether oxygens (including phenoxy) is 1. The highest BCUT2D eigenvalue weighted by Gasteiger charge is 2.54. The number of ketones is 1.